The van der Waals surface area contributed by atoms with Crippen molar-refractivity contribution < 1.29 is 19.4 Å². The highest BCUT2D eigenvalue weighted by molar-refractivity contribution is 5.69. The quantitative estimate of drug-likeness (QED) is 0.0822. The lowest BCUT2D eigenvalue weighted by molar-refractivity contribution is -0.154. The average Bonchev–Trinajstić information content (AvgIpc) is 2.88. The summed E-state index contributed by atoms with van der Waals surface area (Å²) in [5, 5.41) is 9.37. The zero-order valence-corrected chi connectivity index (χ0v) is 23.0. The van der Waals surface area contributed by atoms with Gasteiger partial charge >= 0.3 is 5.97 Å². The van der Waals surface area contributed by atoms with Crippen molar-refractivity contribution in [1.29, 1.82) is 0 Å². The third kappa shape index (κ3) is 26.4. The first-order valence-electron chi connectivity index (χ1n) is 14.0. The maximum Gasteiger partial charge on any atom is 0.306 e. The summed E-state index contributed by atoms with van der Waals surface area (Å²) in [4.78, 5) is 11.8. The van der Waals surface area contributed by atoms with Crippen LogP contribution in [-0.2, 0) is 14.3 Å². The van der Waals surface area contributed by atoms with Crippen LogP contribution in [-0.4, -0.2) is 37.0 Å². The number of carbonyl (C=O) groups excluding carboxylic acids is 1. The summed E-state index contributed by atoms with van der Waals surface area (Å²) in [7, 11) is 0. The van der Waals surface area contributed by atoms with Crippen LogP contribution >= 0.6 is 0 Å². The molecule has 204 valence electrons. The van der Waals surface area contributed by atoms with Gasteiger partial charge in [0.25, 0.3) is 0 Å². The molecule has 1 atom stereocenters. The molecule has 4 nitrogen and oxygen atoms in total. The number of ether oxygens (including phenoxy) is 2. The van der Waals surface area contributed by atoms with E-state index in [1.165, 1.54) is 0 Å². The molecule has 4 heteroatoms. The van der Waals surface area contributed by atoms with E-state index in [1.807, 2.05) is 0 Å². The Balaban J connectivity index is 3.63. The van der Waals surface area contributed by atoms with Gasteiger partial charge in [-0.25, -0.2) is 0 Å². The maximum absolute atomic E-state index is 11.8. The van der Waals surface area contributed by atoms with Gasteiger partial charge in [0.15, 0.2) is 0 Å². The second kappa shape index (κ2) is 29.1. The number of unbranched alkanes of at least 4 members (excludes halogenated alkanes) is 4. The van der Waals surface area contributed by atoms with Crippen LogP contribution in [0.2, 0.25) is 0 Å². The molecule has 0 radical (unpaired) electrons. The maximum atomic E-state index is 11.8. The van der Waals surface area contributed by atoms with Crippen molar-refractivity contribution >= 4 is 5.97 Å². The molecule has 0 fully saturated rings. The molecule has 36 heavy (non-hydrogen) atoms. The Kier molecular flexibility index (Phi) is 27.3. The van der Waals surface area contributed by atoms with Gasteiger partial charge in [-0.1, -0.05) is 106 Å². The molecule has 0 amide bonds. The van der Waals surface area contributed by atoms with E-state index < -0.39 is 6.10 Å². The van der Waals surface area contributed by atoms with Gasteiger partial charge in [-0.15, -0.1) is 0 Å². The summed E-state index contributed by atoms with van der Waals surface area (Å²) >= 11 is 0. The number of aliphatic hydroxyl groups excluding tert-OH is 1. The van der Waals surface area contributed by atoms with Crippen molar-refractivity contribution in [2.75, 3.05) is 19.8 Å². The highest BCUT2D eigenvalue weighted by Crippen LogP contribution is 2.06. The minimum absolute atomic E-state index is 0.201. The molecular formula is C32H52O4. The molecular weight excluding hydrogens is 448 g/mol. The molecule has 0 heterocycles. The first-order chi connectivity index (χ1) is 17.7. The highest BCUT2D eigenvalue weighted by atomic mass is 16.6. The lowest BCUT2D eigenvalue weighted by atomic mass is 10.1. The number of hydrogen-bond donors (Lipinski definition) is 1. The molecule has 0 aromatic carbocycles. The number of hydrogen-bond acceptors (Lipinski definition) is 4. The van der Waals surface area contributed by atoms with Crippen LogP contribution in [0, 0.1) is 0 Å². The monoisotopic (exact) mass is 500 g/mol. The third-order valence-electron chi connectivity index (χ3n) is 5.30. The lowest BCUT2D eigenvalue weighted by Crippen LogP contribution is -2.27. The molecule has 0 aliphatic rings. The predicted octanol–water partition coefficient (Wildman–Crippen LogP) is 8.36. The van der Waals surface area contributed by atoms with E-state index in [9.17, 15) is 9.90 Å². The van der Waals surface area contributed by atoms with Crippen LogP contribution in [0.5, 0.6) is 0 Å². The van der Waals surface area contributed by atoms with E-state index in [-0.39, 0.29) is 19.2 Å². The van der Waals surface area contributed by atoms with Crippen LogP contribution < -0.4 is 0 Å². The topological polar surface area (TPSA) is 55.8 Å². The normalized spacial score (nSPS) is 13.5. The van der Waals surface area contributed by atoms with Crippen LogP contribution in [0.15, 0.2) is 72.9 Å². The van der Waals surface area contributed by atoms with E-state index in [2.05, 4.69) is 86.8 Å². The van der Waals surface area contributed by atoms with Crippen molar-refractivity contribution in [2.45, 2.75) is 103 Å². The first kappa shape index (κ1) is 33.8. The van der Waals surface area contributed by atoms with Crippen LogP contribution in [0.4, 0.5) is 0 Å². The van der Waals surface area contributed by atoms with Crippen LogP contribution in [0.25, 0.3) is 0 Å². The van der Waals surface area contributed by atoms with Gasteiger partial charge in [-0.05, 0) is 57.8 Å². The molecule has 0 rings (SSSR count). The minimum Gasteiger partial charge on any atom is -0.457 e. The molecule has 0 saturated carbocycles. The minimum atomic E-state index is -0.561. The summed E-state index contributed by atoms with van der Waals surface area (Å²) < 4.78 is 10.8. The SMILES string of the molecule is CC/C=C\C/C=C\C/C=C\C/C=C\C/C=C\C/C=C\CCCOCC(CO)OC(=O)CCCCCC. The van der Waals surface area contributed by atoms with Crippen molar-refractivity contribution in [2.24, 2.45) is 0 Å². The predicted molar refractivity (Wildman–Crippen MR) is 154 cm³/mol. The second-order valence-electron chi connectivity index (χ2n) is 8.74. The van der Waals surface area contributed by atoms with Gasteiger partial charge < -0.3 is 14.6 Å². The summed E-state index contributed by atoms with van der Waals surface area (Å²) in [6, 6.07) is 0. The highest BCUT2D eigenvalue weighted by Gasteiger charge is 2.13. The largest absolute Gasteiger partial charge is 0.457 e. The number of rotatable bonds is 24. The van der Waals surface area contributed by atoms with E-state index in [4.69, 9.17) is 9.47 Å². The number of esters is 1. The van der Waals surface area contributed by atoms with Gasteiger partial charge in [-0.2, -0.15) is 0 Å². The third-order valence-corrected chi connectivity index (χ3v) is 5.30. The lowest BCUT2D eigenvalue weighted by Gasteiger charge is -2.15. The second-order valence-corrected chi connectivity index (χ2v) is 8.74. The van der Waals surface area contributed by atoms with Crippen LogP contribution in [0.3, 0.4) is 0 Å². The van der Waals surface area contributed by atoms with E-state index in [0.717, 1.165) is 77.0 Å². The van der Waals surface area contributed by atoms with Crippen molar-refractivity contribution in [1.82, 2.24) is 0 Å². The molecule has 0 aromatic rings. The molecule has 1 N–H and O–H groups in total. The Bertz CT molecular complexity index is 655. The summed E-state index contributed by atoms with van der Waals surface area (Å²) in [6.07, 6.45) is 38.3. The molecule has 0 aliphatic heterocycles. The summed E-state index contributed by atoms with van der Waals surface area (Å²) in [6.45, 7) is 4.94. The van der Waals surface area contributed by atoms with Gasteiger partial charge in [0.2, 0.25) is 0 Å². The molecule has 0 aromatic heterocycles. The van der Waals surface area contributed by atoms with Gasteiger partial charge in [0.05, 0.1) is 13.2 Å². The zero-order chi connectivity index (χ0) is 26.4. The number of carbonyl (C=O) groups is 1. The van der Waals surface area contributed by atoms with Gasteiger partial charge in [-0.3, -0.25) is 4.79 Å². The van der Waals surface area contributed by atoms with Crippen molar-refractivity contribution in [3.8, 4) is 0 Å². The fourth-order valence-corrected chi connectivity index (χ4v) is 3.22. The average molecular weight is 501 g/mol. The van der Waals surface area contributed by atoms with Crippen molar-refractivity contribution in [3.05, 3.63) is 72.9 Å². The van der Waals surface area contributed by atoms with Crippen LogP contribution in [0.1, 0.15) is 97.3 Å². The van der Waals surface area contributed by atoms with Gasteiger partial charge in [0.1, 0.15) is 6.10 Å². The first-order valence-corrected chi connectivity index (χ1v) is 14.0. The van der Waals surface area contributed by atoms with Gasteiger partial charge in [0, 0.05) is 13.0 Å². The molecule has 0 aliphatic carbocycles. The number of allylic oxidation sites excluding steroid dienone is 12. The molecule has 0 bridgehead atoms. The van der Waals surface area contributed by atoms with E-state index in [0.29, 0.717) is 13.0 Å². The Labute approximate surface area is 221 Å². The van der Waals surface area contributed by atoms with E-state index >= 15 is 0 Å². The summed E-state index contributed by atoms with van der Waals surface area (Å²) in [5.74, 6) is -0.244. The fraction of sp³-hybridized carbons (Fsp3) is 0.594. The Morgan fingerprint density at radius 3 is 1.72 bits per heavy atom. The zero-order valence-electron chi connectivity index (χ0n) is 23.0. The standard InChI is InChI=1S/C32H52O4/c1-3-5-7-9-10-11-12-13-14-15-16-17-18-19-20-21-22-23-24-26-28-35-30-31(29-33)36-32(34)27-25-8-6-4-2/h5,7,10-11,13-14,16-17,19-20,22-23,31,33H,3-4,6,8-9,12,15,18,21,24-30H2,1-2H3/b7-5-,11-10-,14-13-,17-16-,20-19-,23-22-. The smallest absolute Gasteiger partial charge is 0.306 e. The Hall–Kier alpha value is -2.17. The number of aliphatic hydroxyl groups is 1. The Morgan fingerprint density at radius 1 is 0.694 bits per heavy atom. The molecule has 0 spiro atoms. The van der Waals surface area contributed by atoms with Crippen molar-refractivity contribution in [3.63, 3.8) is 0 Å². The Morgan fingerprint density at radius 2 is 1.22 bits per heavy atom. The fourth-order valence-electron chi connectivity index (χ4n) is 3.22. The van der Waals surface area contributed by atoms with E-state index in [1.54, 1.807) is 0 Å². The molecule has 0 saturated heterocycles. The molecule has 1 unspecified atom stereocenters. The summed E-state index contributed by atoms with van der Waals surface area (Å²) in [5.41, 5.74) is 0.